The Morgan fingerprint density at radius 3 is 2.64 bits per heavy atom. The van der Waals surface area contributed by atoms with Gasteiger partial charge in [0.1, 0.15) is 11.3 Å². The average molecular weight is 423 g/mol. The molecule has 0 saturated carbocycles. The van der Waals surface area contributed by atoms with Gasteiger partial charge in [-0.3, -0.25) is 4.79 Å². The third-order valence-corrected chi connectivity index (χ3v) is 4.90. The molecule has 0 spiro atoms. The molecule has 1 heterocycles. The van der Waals surface area contributed by atoms with E-state index in [1.807, 2.05) is 43.3 Å². The van der Waals surface area contributed by atoms with E-state index in [4.69, 9.17) is 16.0 Å². The standard InChI is InChI=1S/C18H12ClIO2/c1-11(12-5-3-2-4-6-12)7-13-8-17(21)14-9-15(19)16(20)10-18(14)22-13/h2-10H,1H3/b11-7+. The van der Waals surface area contributed by atoms with Crippen LogP contribution in [0.1, 0.15) is 18.2 Å². The van der Waals surface area contributed by atoms with Crippen LogP contribution in [0.15, 0.2) is 57.7 Å². The average Bonchev–Trinajstić information content (AvgIpc) is 2.50. The predicted octanol–water partition coefficient (Wildman–Crippen LogP) is 5.61. The van der Waals surface area contributed by atoms with E-state index in [0.717, 1.165) is 14.7 Å². The van der Waals surface area contributed by atoms with Crippen LogP contribution in [0, 0.1) is 3.57 Å². The Hall–Kier alpha value is -1.59. The molecule has 110 valence electrons. The maximum absolute atomic E-state index is 12.2. The fourth-order valence-electron chi connectivity index (χ4n) is 2.24. The van der Waals surface area contributed by atoms with Crippen LogP contribution in [0.3, 0.4) is 0 Å². The minimum atomic E-state index is -0.0911. The molecular formula is C18H12ClIO2. The van der Waals surface area contributed by atoms with E-state index in [2.05, 4.69) is 22.6 Å². The van der Waals surface area contributed by atoms with E-state index < -0.39 is 0 Å². The number of allylic oxidation sites excluding steroid dienone is 1. The van der Waals surface area contributed by atoms with Gasteiger partial charge < -0.3 is 4.42 Å². The van der Waals surface area contributed by atoms with Crippen molar-refractivity contribution >= 4 is 56.8 Å². The molecule has 0 aliphatic heterocycles. The molecule has 2 nitrogen and oxygen atoms in total. The molecule has 0 bridgehead atoms. The van der Waals surface area contributed by atoms with Crippen molar-refractivity contribution in [2.75, 3.05) is 0 Å². The highest BCUT2D eigenvalue weighted by Gasteiger charge is 2.08. The Balaban J connectivity index is 2.13. The topological polar surface area (TPSA) is 30.2 Å². The van der Waals surface area contributed by atoms with E-state index in [-0.39, 0.29) is 5.43 Å². The molecule has 0 aliphatic carbocycles. The lowest BCUT2D eigenvalue weighted by atomic mass is 10.1. The van der Waals surface area contributed by atoms with E-state index in [0.29, 0.717) is 21.8 Å². The maximum atomic E-state index is 12.2. The first-order chi connectivity index (χ1) is 10.5. The van der Waals surface area contributed by atoms with Crippen molar-refractivity contribution in [3.05, 3.63) is 78.7 Å². The lowest BCUT2D eigenvalue weighted by Crippen LogP contribution is -2.00. The Morgan fingerprint density at radius 1 is 1.18 bits per heavy atom. The second kappa shape index (κ2) is 6.26. The third kappa shape index (κ3) is 3.10. The third-order valence-electron chi connectivity index (χ3n) is 3.38. The first kappa shape index (κ1) is 15.3. The van der Waals surface area contributed by atoms with E-state index in [1.54, 1.807) is 12.1 Å². The van der Waals surface area contributed by atoms with Gasteiger partial charge in [0.25, 0.3) is 0 Å². The molecule has 0 amide bonds. The zero-order valence-corrected chi connectivity index (χ0v) is 14.7. The van der Waals surface area contributed by atoms with Crippen LogP contribution in [-0.2, 0) is 0 Å². The molecule has 2 aromatic carbocycles. The van der Waals surface area contributed by atoms with Gasteiger partial charge in [0, 0.05) is 9.64 Å². The van der Waals surface area contributed by atoms with E-state index in [1.165, 1.54) is 6.07 Å². The first-order valence-corrected chi connectivity index (χ1v) is 8.17. The lowest BCUT2D eigenvalue weighted by molar-refractivity contribution is 0.590. The summed E-state index contributed by atoms with van der Waals surface area (Å²) < 4.78 is 6.69. The highest BCUT2D eigenvalue weighted by molar-refractivity contribution is 14.1. The van der Waals surface area contributed by atoms with Gasteiger partial charge in [-0.1, -0.05) is 41.9 Å². The second-order valence-corrected chi connectivity index (χ2v) is 6.54. The van der Waals surface area contributed by atoms with Crippen LogP contribution in [0.4, 0.5) is 0 Å². The maximum Gasteiger partial charge on any atom is 0.193 e. The van der Waals surface area contributed by atoms with Gasteiger partial charge in [0.15, 0.2) is 5.43 Å². The molecule has 0 fully saturated rings. The molecule has 3 rings (SSSR count). The molecule has 4 heteroatoms. The first-order valence-electron chi connectivity index (χ1n) is 6.71. The zero-order chi connectivity index (χ0) is 15.7. The highest BCUT2D eigenvalue weighted by Crippen LogP contribution is 2.25. The second-order valence-electron chi connectivity index (χ2n) is 4.97. The molecule has 0 radical (unpaired) electrons. The summed E-state index contributed by atoms with van der Waals surface area (Å²) >= 11 is 8.19. The van der Waals surface area contributed by atoms with Crippen LogP contribution in [0.5, 0.6) is 0 Å². The summed E-state index contributed by atoms with van der Waals surface area (Å²) in [6, 6.07) is 14.9. The largest absolute Gasteiger partial charge is 0.456 e. The van der Waals surface area contributed by atoms with Gasteiger partial charge in [0.2, 0.25) is 0 Å². The van der Waals surface area contributed by atoms with Gasteiger partial charge in [-0.25, -0.2) is 0 Å². The van der Waals surface area contributed by atoms with Gasteiger partial charge in [-0.05, 0) is 58.9 Å². The summed E-state index contributed by atoms with van der Waals surface area (Å²) in [5.74, 6) is 0.539. The Labute approximate surface area is 146 Å². The number of hydrogen-bond acceptors (Lipinski definition) is 2. The molecule has 0 saturated heterocycles. The van der Waals surface area contributed by atoms with Crippen LogP contribution in [-0.4, -0.2) is 0 Å². The van der Waals surface area contributed by atoms with Gasteiger partial charge in [-0.15, -0.1) is 0 Å². The monoisotopic (exact) mass is 422 g/mol. The number of fused-ring (bicyclic) bond motifs is 1. The van der Waals surface area contributed by atoms with Crippen molar-refractivity contribution in [2.24, 2.45) is 0 Å². The van der Waals surface area contributed by atoms with Gasteiger partial charge >= 0.3 is 0 Å². The molecular weight excluding hydrogens is 411 g/mol. The minimum Gasteiger partial charge on any atom is -0.456 e. The van der Waals surface area contributed by atoms with Crippen molar-refractivity contribution in [1.29, 1.82) is 0 Å². The SMILES string of the molecule is C/C(=C\c1cc(=O)c2cc(Cl)c(I)cc2o1)c1ccccc1. The molecule has 0 atom stereocenters. The highest BCUT2D eigenvalue weighted by atomic mass is 127. The molecule has 3 aromatic rings. The number of rotatable bonds is 2. The van der Waals surface area contributed by atoms with Crippen LogP contribution in [0.25, 0.3) is 22.6 Å². The van der Waals surface area contributed by atoms with Crippen molar-refractivity contribution in [1.82, 2.24) is 0 Å². The summed E-state index contributed by atoms with van der Waals surface area (Å²) in [6.07, 6.45) is 1.87. The molecule has 22 heavy (non-hydrogen) atoms. The normalized spacial score (nSPS) is 11.9. The fraction of sp³-hybridized carbons (Fsp3) is 0.0556. The minimum absolute atomic E-state index is 0.0911. The number of hydrogen-bond donors (Lipinski definition) is 0. The Kier molecular flexibility index (Phi) is 4.36. The van der Waals surface area contributed by atoms with Gasteiger partial charge in [0.05, 0.1) is 10.4 Å². The van der Waals surface area contributed by atoms with Crippen molar-refractivity contribution in [3.63, 3.8) is 0 Å². The van der Waals surface area contributed by atoms with E-state index >= 15 is 0 Å². The summed E-state index contributed by atoms with van der Waals surface area (Å²) in [6.45, 7) is 1.99. The molecule has 0 unspecified atom stereocenters. The summed E-state index contributed by atoms with van der Waals surface area (Å²) in [5, 5.41) is 1.06. The summed E-state index contributed by atoms with van der Waals surface area (Å²) in [5.41, 5.74) is 2.59. The quantitative estimate of drug-likeness (QED) is 0.502. The predicted molar refractivity (Wildman–Crippen MR) is 100 cm³/mol. The Morgan fingerprint density at radius 2 is 1.91 bits per heavy atom. The molecule has 0 N–H and O–H groups in total. The number of benzene rings is 2. The number of halogens is 2. The lowest BCUT2D eigenvalue weighted by Gasteiger charge is -2.04. The van der Waals surface area contributed by atoms with Crippen molar-refractivity contribution in [3.8, 4) is 0 Å². The zero-order valence-electron chi connectivity index (χ0n) is 11.8. The van der Waals surface area contributed by atoms with Crippen LogP contribution in [0.2, 0.25) is 5.02 Å². The Bertz CT molecular complexity index is 927. The summed E-state index contributed by atoms with van der Waals surface area (Å²) in [4.78, 5) is 12.2. The van der Waals surface area contributed by atoms with Crippen LogP contribution < -0.4 is 5.43 Å². The van der Waals surface area contributed by atoms with Crippen molar-refractivity contribution < 1.29 is 4.42 Å². The van der Waals surface area contributed by atoms with Crippen molar-refractivity contribution in [2.45, 2.75) is 6.92 Å². The van der Waals surface area contributed by atoms with Crippen LogP contribution >= 0.6 is 34.2 Å². The molecule has 0 aliphatic rings. The smallest absolute Gasteiger partial charge is 0.193 e. The summed E-state index contributed by atoms with van der Waals surface area (Å²) in [7, 11) is 0. The van der Waals surface area contributed by atoms with Gasteiger partial charge in [-0.2, -0.15) is 0 Å². The fourth-order valence-corrected chi connectivity index (χ4v) is 2.84. The van der Waals surface area contributed by atoms with E-state index in [9.17, 15) is 4.79 Å². The molecule has 1 aromatic heterocycles.